The molecular formula is C16H20FN3O2. The van der Waals surface area contributed by atoms with Gasteiger partial charge in [0.25, 0.3) is 5.91 Å². The van der Waals surface area contributed by atoms with Crippen molar-refractivity contribution in [2.75, 3.05) is 45.9 Å². The van der Waals surface area contributed by atoms with E-state index < -0.39 is 5.82 Å². The van der Waals surface area contributed by atoms with Crippen molar-refractivity contribution in [3.05, 3.63) is 35.6 Å². The Morgan fingerprint density at radius 3 is 2.82 bits per heavy atom. The Balaban J connectivity index is 1.98. The van der Waals surface area contributed by atoms with Gasteiger partial charge in [0.1, 0.15) is 5.82 Å². The van der Waals surface area contributed by atoms with Gasteiger partial charge in [0, 0.05) is 38.3 Å². The first kappa shape index (κ1) is 16.4. The maximum absolute atomic E-state index is 13.3. The number of amides is 1. The maximum atomic E-state index is 13.3. The fourth-order valence-electron chi connectivity index (χ4n) is 2.39. The molecule has 1 aliphatic rings. The zero-order valence-corrected chi connectivity index (χ0v) is 12.5. The molecule has 1 aromatic rings. The summed E-state index contributed by atoms with van der Waals surface area (Å²) in [6, 6.07) is 7.71. The number of halogens is 1. The molecule has 0 atom stereocenters. The number of hydrogen-bond acceptors (Lipinski definition) is 4. The summed E-state index contributed by atoms with van der Waals surface area (Å²) in [6.45, 7) is 4.72. The van der Waals surface area contributed by atoms with E-state index in [1.165, 1.54) is 18.2 Å². The molecule has 0 unspecified atom stereocenters. The average molecular weight is 305 g/mol. The fraction of sp³-hybridized carbons (Fsp3) is 0.500. The van der Waals surface area contributed by atoms with Crippen LogP contribution in [0, 0.1) is 17.1 Å². The minimum atomic E-state index is -0.431. The van der Waals surface area contributed by atoms with Crippen LogP contribution in [0.15, 0.2) is 24.3 Å². The van der Waals surface area contributed by atoms with Crippen LogP contribution in [0.2, 0.25) is 0 Å². The highest BCUT2D eigenvalue weighted by Crippen LogP contribution is 2.09. The SMILES string of the molecule is N#CCCN(CCN1CCOCC1)C(=O)c1cccc(F)c1. The molecule has 0 spiro atoms. The Hall–Kier alpha value is -1.97. The third kappa shape index (κ3) is 4.79. The predicted octanol–water partition coefficient (Wildman–Crippen LogP) is 1.51. The van der Waals surface area contributed by atoms with Crippen molar-refractivity contribution in [1.82, 2.24) is 9.80 Å². The maximum Gasteiger partial charge on any atom is 0.254 e. The van der Waals surface area contributed by atoms with Gasteiger partial charge in [-0.25, -0.2) is 4.39 Å². The second-order valence-electron chi connectivity index (χ2n) is 5.16. The first-order chi connectivity index (χ1) is 10.7. The lowest BCUT2D eigenvalue weighted by Gasteiger charge is -2.30. The molecule has 5 nitrogen and oxygen atoms in total. The average Bonchev–Trinajstić information content (AvgIpc) is 2.55. The van der Waals surface area contributed by atoms with Crippen LogP contribution in [0.1, 0.15) is 16.8 Å². The molecule has 1 fully saturated rings. The number of ether oxygens (including phenoxy) is 1. The van der Waals surface area contributed by atoms with Gasteiger partial charge in [0.15, 0.2) is 0 Å². The summed E-state index contributed by atoms with van der Waals surface area (Å²) in [5.41, 5.74) is 0.319. The quantitative estimate of drug-likeness (QED) is 0.799. The Kier molecular flexibility index (Phi) is 6.31. The number of carbonyl (C=O) groups is 1. The number of morpholine rings is 1. The van der Waals surface area contributed by atoms with E-state index in [2.05, 4.69) is 11.0 Å². The third-order valence-electron chi connectivity index (χ3n) is 3.64. The lowest BCUT2D eigenvalue weighted by Crippen LogP contribution is -2.43. The highest BCUT2D eigenvalue weighted by Gasteiger charge is 2.18. The van der Waals surface area contributed by atoms with E-state index in [0.29, 0.717) is 31.9 Å². The van der Waals surface area contributed by atoms with Gasteiger partial charge in [-0.05, 0) is 18.2 Å². The minimum absolute atomic E-state index is 0.233. The van der Waals surface area contributed by atoms with Gasteiger partial charge in [-0.3, -0.25) is 9.69 Å². The first-order valence-corrected chi connectivity index (χ1v) is 7.42. The van der Waals surface area contributed by atoms with Crippen molar-refractivity contribution in [3.63, 3.8) is 0 Å². The van der Waals surface area contributed by atoms with Crippen molar-refractivity contribution in [1.29, 1.82) is 5.26 Å². The molecule has 2 rings (SSSR count). The van der Waals surface area contributed by atoms with E-state index >= 15 is 0 Å². The summed E-state index contributed by atoms with van der Waals surface area (Å²) in [5, 5.41) is 8.75. The molecule has 22 heavy (non-hydrogen) atoms. The fourth-order valence-corrected chi connectivity index (χ4v) is 2.39. The Labute approximate surface area is 129 Å². The van der Waals surface area contributed by atoms with Crippen molar-refractivity contribution < 1.29 is 13.9 Å². The lowest BCUT2D eigenvalue weighted by molar-refractivity contribution is 0.0326. The number of carbonyl (C=O) groups excluding carboxylic acids is 1. The molecule has 0 bridgehead atoms. The monoisotopic (exact) mass is 305 g/mol. The standard InChI is InChI=1S/C16H20FN3O2/c17-15-4-1-3-14(13-15)16(21)20(6-2-5-18)8-7-19-9-11-22-12-10-19/h1,3-4,13H,2,6-12H2. The molecule has 1 aromatic carbocycles. The van der Waals surface area contributed by atoms with E-state index in [0.717, 1.165) is 19.6 Å². The summed E-state index contributed by atoms with van der Waals surface area (Å²) in [6.07, 6.45) is 0.268. The zero-order chi connectivity index (χ0) is 15.8. The summed E-state index contributed by atoms with van der Waals surface area (Å²) in [4.78, 5) is 16.3. The van der Waals surface area contributed by atoms with Crippen LogP contribution in [0.3, 0.4) is 0 Å². The smallest absolute Gasteiger partial charge is 0.254 e. The summed E-state index contributed by atoms with van der Waals surface area (Å²) in [7, 11) is 0. The van der Waals surface area contributed by atoms with Gasteiger partial charge in [0.05, 0.1) is 25.7 Å². The second kappa shape index (κ2) is 8.47. The molecule has 118 valence electrons. The number of benzene rings is 1. The topological polar surface area (TPSA) is 56.6 Å². The van der Waals surface area contributed by atoms with Crippen molar-refractivity contribution in [3.8, 4) is 6.07 Å². The second-order valence-corrected chi connectivity index (χ2v) is 5.16. The molecule has 1 aliphatic heterocycles. The Bertz CT molecular complexity index is 538. The van der Waals surface area contributed by atoms with Gasteiger partial charge >= 0.3 is 0 Å². The summed E-state index contributed by atoms with van der Waals surface area (Å²) >= 11 is 0. The van der Waals surface area contributed by atoms with E-state index in [1.807, 2.05) is 0 Å². The van der Waals surface area contributed by atoms with Crippen molar-refractivity contribution >= 4 is 5.91 Å². The Morgan fingerprint density at radius 1 is 1.36 bits per heavy atom. The molecule has 0 aromatic heterocycles. The number of rotatable bonds is 6. The van der Waals surface area contributed by atoms with Crippen molar-refractivity contribution in [2.24, 2.45) is 0 Å². The first-order valence-electron chi connectivity index (χ1n) is 7.42. The van der Waals surface area contributed by atoms with Crippen LogP contribution in [0.25, 0.3) is 0 Å². The van der Waals surface area contributed by atoms with Crippen LogP contribution in [-0.4, -0.2) is 61.6 Å². The van der Waals surface area contributed by atoms with Crippen LogP contribution in [0.4, 0.5) is 4.39 Å². The molecule has 1 heterocycles. The molecular weight excluding hydrogens is 285 g/mol. The van der Waals surface area contributed by atoms with E-state index in [4.69, 9.17) is 10.00 Å². The molecule has 0 radical (unpaired) electrons. The van der Waals surface area contributed by atoms with E-state index in [1.54, 1.807) is 11.0 Å². The van der Waals surface area contributed by atoms with Gasteiger partial charge in [-0.1, -0.05) is 6.07 Å². The zero-order valence-electron chi connectivity index (χ0n) is 12.5. The number of nitriles is 1. The largest absolute Gasteiger partial charge is 0.379 e. The highest BCUT2D eigenvalue weighted by atomic mass is 19.1. The van der Waals surface area contributed by atoms with E-state index in [9.17, 15) is 9.18 Å². The molecule has 1 saturated heterocycles. The molecule has 0 aliphatic carbocycles. The van der Waals surface area contributed by atoms with E-state index in [-0.39, 0.29) is 12.3 Å². The van der Waals surface area contributed by atoms with Gasteiger partial charge in [0.2, 0.25) is 0 Å². The minimum Gasteiger partial charge on any atom is -0.379 e. The molecule has 0 saturated carbocycles. The van der Waals surface area contributed by atoms with Crippen molar-refractivity contribution in [2.45, 2.75) is 6.42 Å². The van der Waals surface area contributed by atoms with Gasteiger partial charge in [-0.2, -0.15) is 5.26 Å². The number of nitrogens with zero attached hydrogens (tertiary/aromatic N) is 3. The van der Waals surface area contributed by atoms with Gasteiger partial charge < -0.3 is 9.64 Å². The lowest BCUT2D eigenvalue weighted by atomic mass is 10.2. The molecule has 6 heteroatoms. The van der Waals surface area contributed by atoms with Crippen LogP contribution in [-0.2, 0) is 4.74 Å². The Morgan fingerprint density at radius 2 is 2.14 bits per heavy atom. The normalized spacial score (nSPS) is 15.3. The predicted molar refractivity (Wildman–Crippen MR) is 79.8 cm³/mol. The third-order valence-corrected chi connectivity index (χ3v) is 3.64. The number of hydrogen-bond donors (Lipinski definition) is 0. The van der Waals surface area contributed by atoms with Gasteiger partial charge in [-0.15, -0.1) is 0 Å². The van der Waals surface area contributed by atoms with Crippen LogP contribution in [0.5, 0.6) is 0 Å². The molecule has 1 amide bonds. The summed E-state index contributed by atoms with van der Waals surface area (Å²) < 4.78 is 18.6. The summed E-state index contributed by atoms with van der Waals surface area (Å²) in [5.74, 6) is -0.665. The highest BCUT2D eigenvalue weighted by molar-refractivity contribution is 5.94. The van der Waals surface area contributed by atoms with Crippen LogP contribution < -0.4 is 0 Å². The molecule has 0 N–H and O–H groups in total. The van der Waals surface area contributed by atoms with Crippen LogP contribution >= 0.6 is 0 Å².